The summed E-state index contributed by atoms with van der Waals surface area (Å²) in [6, 6.07) is 11.4. The van der Waals surface area contributed by atoms with Crippen molar-refractivity contribution in [1.29, 1.82) is 0 Å². The lowest BCUT2D eigenvalue weighted by Crippen LogP contribution is -2.08. The molecule has 158 valence electrons. The second-order valence-corrected chi connectivity index (χ2v) is 7.83. The number of hydrazone groups is 1. The molecule has 0 aliphatic heterocycles. The van der Waals surface area contributed by atoms with Crippen molar-refractivity contribution in [3.8, 4) is 28.5 Å². The molecule has 30 heavy (non-hydrogen) atoms. The van der Waals surface area contributed by atoms with Crippen LogP contribution in [0.2, 0.25) is 5.02 Å². The van der Waals surface area contributed by atoms with Crippen LogP contribution in [0, 0.1) is 0 Å². The minimum atomic E-state index is -0.00780. The Balaban J connectivity index is 1.73. The van der Waals surface area contributed by atoms with Gasteiger partial charge >= 0.3 is 0 Å². The number of benzene rings is 2. The van der Waals surface area contributed by atoms with Gasteiger partial charge in [-0.3, -0.25) is 5.43 Å². The third kappa shape index (κ3) is 5.64. The maximum absolute atomic E-state index is 6.40. The third-order valence-electron chi connectivity index (χ3n) is 3.93. The molecule has 0 spiro atoms. The van der Waals surface area contributed by atoms with Crippen molar-refractivity contribution in [1.82, 2.24) is 4.98 Å². The molecular formula is C22H24ClN3O3S. The number of nitrogens with zero attached hydrogens (tertiary/aromatic N) is 2. The molecule has 1 heterocycles. The molecule has 0 unspecified atom stereocenters. The first-order valence-corrected chi connectivity index (χ1v) is 10.8. The lowest BCUT2D eigenvalue weighted by Gasteiger charge is -2.16. The summed E-state index contributed by atoms with van der Waals surface area (Å²) in [5.74, 6) is 1.93. The second-order valence-electron chi connectivity index (χ2n) is 6.57. The molecule has 0 aliphatic carbocycles. The summed E-state index contributed by atoms with van der Waals surface area (Å²) < 4.78 is 16.7. The summed E-state index contributed by atoms with van der Waals surface area (Å²) >= 11 is 7.87. The van der Waals surface area contributed by atoms with Gasteiger partial charge in [-0.15, -0.1) is 11.3 Å². The molecule has 3 rings (SSSR count). The highest BCUT2D eigenvalue weighted by Gasteiger charge is 2.13. The van der Waals surface area contributed by atoms with Crippen LogP contribution in [-0.4, -0.2) is 31.0 Å². The minimum Gasteiger partial charge on any atom is -0.497 e. The van der Waals surface area contributed by atoms with Crippen LogP contribution >= 0.6 is 22.9 Å². The summed E-state index contributed by atoms with van der Waals surface area (Å²) in [6.07, 6.45) is 1.66. The number of halogens is 1. The number of ether oxygens (including phenoxy) is 3. The Kier molecular flexibility index (Phi) is 7.54. The monoisotopic (exact) mass is 445 g/mol. The van der Waals surface area contributed by atoms with Crippen LogP contribution < -0.4 is 19.6 Å². The molecule has 1 aromatic heterocycles. The van der Waals surface area contributed by atoms with Crippen molar-refractivity contribution in [2.45, 2.75) is 26.9 Å². The van der Waals surface area contributed by atoms with Crippen LogP contribution in [0.1, 0.15) is 26.3 Å². The first-order chi connectivity index (χ1) is 14.5. The number of thiazole rings is 1. The largest absolute Gasteiger partial charge is 0.497 e. The SMILES string of the molecule is CCOc1cc(/C=N\Nc2nc(-c3cccc(OC)c3)cs2)cc(Cl)c1OC(C)C. The van der Waals surface area contributed by atoms with Crippen molar-refractivity contribution < 1.29 is 14.2 Å². The summed E-state index contributed by atoms with van der Waals surface area (Å²) in [5, 5.41) is 7.40. The maximum Gasteiger partial charge on any atom is 0.203 e. The number of hydrogen-bond acceptors (Lipinski definition) is 7. The van der Waals surface area contributed by atoms with Gasteiger partial charge in [0, 0.05) is 10.9 Å². The van der Waals surface area contributed by atoms with Gasteiger partial charge in [0.1, 0.15) is 5.75 Å². The van der Waals surface area contributed by atoms with Crippen LogP contribution in [0.4, 0.5) is 5.13 Å². The zero-order valence-corrected chi connectivity index (χ0v) is 18.9. The van der Waals surface area contributed by atoms with Crippen LogP contribution in [0.15, 0.2) is 46.9 Å². The summed E-state index contributed by atoms with van der Waals surface area (Å²) in [7, 11) is 1.65. The lowest BCUT2D eigenvalue weighted by molar-refractivity contribution is 0.224. The Hall–Kier alpha value is -2.77. The number of rotatable bonds is 9. The van der Waals surface area contributed by atoms with Gasteiger partial charge in [-0.1, -0.05) is 23.7 Å². The predicted molar refractivity (Wildman–Crippen MR) is 124 cm³/mol. The molecule has 0 bridgehead atoms. The van der Waals surface area contributed by atoms with Crippen molar-refractivity contribution in [2.75, 3.05) is 19.1 Å². The van der Waals surface area contributed by atoms with E-state index in [1.807, 2.05) is 56.5 Å². The van der Waals surface area contributed by atoms with Crippen LogP contribution in [0.3, 0.4) is 0 Å². The highest BCUT2D eigenvalue weighted by atomic mass is 35.5. The Bertz CT molecular complexity index is 1020. The normalized spacial score (nSPS) is 11.1. The maximum atomic E-state index is 6.40. The molecule has 0 fully saturated rings. The number of hydrogen-bond donors (Lipinski definition) is 1. The minimum absolute atomic E-state index is 0.00780. The van der Waals surface area contributed by atoms with E-state index in [9.17, 15) is 0 Å². The van der Waals surface area contributed by atoms with E-state index in [1.54, 1.807) is 19.4 Å². The van der Waals surface area contributed by atoms with Crippen molar-refractivity contribution >= 4 is 34.3 Å². The second kappa shape index (κ2) is 10.3. The summed E-state index contributed by atoms with van der Waals surface area (Å²) in [4.78, 5) is 4.57. The van der Waals surface area contributed by atoms with Gasteiger partial charge in [0.05, 0.1) is 36.8 Å². The smallest absolute Gasteiger partial charge is 0.203 e. The molecule has 0 saturated carbocycles. The van der Waals surface area contributed by atoms with Crippen LogP contribution in [0.25, 0.3) is 11.3 Å². The summed E-state index contributed by atoms with van der Waals surface area (Å²) in [6.45, 7) is 6.31. The van der Waals surface area contributed by atoms with E-state index in [1.165, 1.54) is 11.3 Å². The number of nitrogens with one attached hydrogen (secondary N) is 1. The number of anilines is 1. The number of methoxy groups -OCH3 is 1. The Morgan fingerprint density at radius 3 is 2.83 bits per heavy atom. The van der Waals surface area contributed by atoms with Crippen LogP contribution in [-0.2, 0) is 0 Å². The fourth-order valence-corrected chi connectivity index (χ4v) is 3.61. The van der Waals surface area contributed by atoms with E-state index >= 15 is 0 Å². The van der Waals surface area contributed by atoms with Crippen molar-refractivity contribution in [3.05, 3.63) is 52.4 Å². The molecule has 0 aliphatic rings. The standard InChI is InChI=1S/C22H24ClN3O3S/c1-5-28-20-10-15(9-18(23)21(20)29-14(2)3)12-24-26-22-25-19(13-30-22)16-7-6-8-17(11-16)27-4/h6-14H,5H2,1-4H3,(H,25,26)/b24-12-. The van der Waals surface area contributed by atoms with Gasteiger partial charge in [0.15, 0.2) is 11.5 Å². The predicted octanol–water partition coefficient (Wildman–Crippen LogP) is 6.10. The molecule has 6 nitrogen and oxygen atoms in total. The summed E-state index contributed by atoms with van der Waals surface area (Å²) in [5.41, 5.74) is 5.59. The first kappa shape index (κ1) is 21.9. The van der Waals surface area contributed by atoms with E-state index < -0.39 is 0 Å². The number of aromatic nitrogens is 1. The molecule has 8 heteroatoms. The molecule has 0 atom stereocenters. The van der Waals surface area contributed by atoms with Crippen LogP contribution in [0.5, 0.6) is 17.2 Å². The van der Waals surface area contributed by atoms with Crippen molar-refractivity contribution in [3.63, 3.8) is 0 Å². The Labute approximate surface area is 185 Å². The lowest BCUT2D eigenvalue weighted by atomic mass is 10.2. The van der Waals surface area contributed by atoms with E-state index in [0.29, 0.717) is 28.3 Å². The molecule has 1 N–H and O–H groups in total. The molecule has 3 aromatic rings. The fourth-order valence-electron chi connectivity index (χ4n) is 2.68. The van der Waals surface area contributed by atoms with Gasteiger partial charge in [0.25, 0.3) is 0 Å². The molecule has 0 amide bonds. The molecule has 0 radical (unpaired) electrons. The fraction of sp³-hybridized carbons (Fsp3) is 0.273. The first-order valence-electron chi connectivity index (χ1n) is 9.52. The average molecular weight is 446 g/mol. The zero-order valence-electron chi connectivity index (χ0n) is 17.3. The zero-order chi connectivity index (χ0) is 21.5. The molecular weight excluding hydrogens is 422 g/mol. The molecule has 0 saturated heterocycles. The highest BCUT2D eigenvalue weighted by molar-refractivity contribution is 7.14. The topological polar surface area (TPSA) is 65.0 Å². The average Bonchev–Trinajstić information content (AvgIpc) is 3.19. The Morgan fingerprint density at radius 2 is 2.10 bits per heavy atom. The van der Waals surface area contributed by atoms with Gasteiger partial charge in [-0.2, -0.15) is 5.10 Å². The van der Waals surface area contributed by atoms with E-state index in [0.717, 1.165) is 22.6 Å². The van der Waals surface area contributed by atoms with E-state index in [-0.39, 0.29) is 6.10 Å². The third-order valence-corrected chi connectivity index (χ3v) is 4.96. The van der Waals surface area contributed by atoms with Gasteiger partial charge in [-0.05, 0) is 50.6 Å². The highest BCUT2D eigenvalue weighted by Crippen LogP contribution is 2.37. The van der Waals surface area contributed by atoms with E-state index in [2.05, 4.69) is 15.5 Å². The van der Waals surface area contributed by atoms with Gasteiger partial charge in [-0.25, -0.2) is 4.98 Å². The van der Waals surface area contributed by atoms with Gasteiger partial charge < -0.3 is 14.2 Å². The quantitative estimate of drug-likeness (QED) is 0.318. The van der Waals surface area contributed by atoms with Crippen molar-refractivity contribution in [2.24, 2.45) is 5.10 Å². The molecule has 2 aromatic carbocycles. The van der Waals surface area contributed by atoms with Gasteiger partial charge in [0.2, 0.25) is 5.13 Å². The van der Waals surface area contributed by atoms with E-state index in [4.69, 9.17) is 25.8 Å². The Morgan fingerprint density at radius 1 is 1.27 bits per heavy atom.